The van der Waals surface area contributed by atoms with Crippen molar-refractivity contribution in [1.82, 2.24) is 9.88 Å². The standard InChI is InChI=1S/C22H24BrN5O2S/c1-28-11-9-22(10-12-28)26-20(15-3-5-16(23)6-4-15)21(27-22)31-14-18(29)25-17-7-8-19(30-2)24-13-17/h3-8,13H,9-12,14H2,1-2H3,(H,25,29). The molecule has 1 spiro atoms. The van der Waals surface area contributed by atoms with E-state index in [1.807, 2.05) is 24.3 Å². The van der Waals surface area contributed by atoms with Gasteiger partial charge in [-0.1, -0.05) is 39.8 Å². The predicted octanol–water partition coefficient (Wildman–Crippen LogP) is 3.85. The molecule has 7 nitrogen and oxygen atoms in total. The molecule has 2 aliphatic heterocycles. The van der Waals surface area contributed by atoms with Gasteiger partial charge in [0.2, 0.25) is 11.8 Å². The second-order valence-electron chi connectivity index (χ2n) is 7.60. The molecule has 31 heavy (non-hydrogen) atoms. The van der Waals surface area contributed by atoms with Crippen LogP contribution in [0.25, 0.3) is 0 Å². The fraction of sp³-hybridized carbons (Fsp3) is 0.364. The molecular formula is C22H24BrN5O2S. The van der Waals surface area contributed by atoms with Crippen molar-refractivity contribution in [2.75, 3.05) is 38.3 Å². The lowest BCUT2D eigenvalue weighted by Gasteiger charge is -2.33. The maximum Gasteiger partial charge on any atom is 0.234 e. The lowest BCUT2D eigenvalue weighted by Crippen LogP contribution is -2.39. The maximum absolute atomic E-state index is 12.5. The second-order valence-corrected chi connectivity index (χ2v) is 9.48. The molecule has 0 atom stereocenters. The number of benzene rings is 1. The minimum atomic E-state index is -0.409. The molecule has 1 amide bonds. The number of amides is 1. The van der Waals surface area contributed by atoms with Gasteiger partial charge in [-0.2, -0.15) is 0 Å². The minimum absolute atomic E-state index is 0.112. The van der Waals surface area contributed by atoms with Crippen LogP contribution in [-0.4, -0.2) is 65.2 Å². The third-order valence-corrected chi connectivity index (χ3v) is 6.80. The molecule has 0 unspecified atom stereocenters. The Labute approximate surface area is 194 Å². The van der Waals surface area contributed by atoms with Crippen LogP contribution >= 0.6 is 27.7 Å². The van der Waals surface area contributed by atoms with E-state index in [0.717, 1.165) is 46.7 Å². The summed E-state index contributed by atoms with van der Waals surface area (Å²) in [7, 11) is 3.68. The first-order valence-corrected chi connectivity index (χ1v) is 11.8. The Kier molecular flexibility index (Phi) is 6.74. The number of halogens is 1. The molecule has 162 valence electrons. The number of carbonyl (C=O) groups excluding carboxylic acids is 1. The van der Waals surface area contributed by atoms with Crippen LogP contribution in [0.4, 0.5) is 5.69 Å². The van der Waals surface area contributed by atoms with Crippen molar-refractivity contribution in [2.24, 2.45) is 9.98 Å². The van der Waals surface area contributed by atoms with Crippen LogP contribution in [-0.2, 0) is 4.79 Å². The van der Waals surface area contributed by atoms with Crippen LogP contribution in [0, 0.1) is 0 Å². The lowest BCUT2D eigenvalue weighted by atomic mass is 9.99. The quantitative estimate of drug-likeness (QED) is 0.672. The molecule has 0 aliphatic carbocycles. The van der Waals surface area contributed by atoms with Crippen LogP contribution in [0.5, 0.6) is 5.88 Å². The summed E-state index contributed by atoms with van der Waals surface area (Å²) in [6.07, 6.45) is 3.35. The van der Waals surface area contributed by atoms with Gasteiger partial charge in [-0.3, -0.25) is 9.79 Å². The van der Waals surface area contributed by atoms with E-state index in [1.54, 1.807) is 25.4 Å². The topological polar surface area (TPSA) is 79.2 Å². The number of nitrogens with zero attached hydrogens (tertiary/aromatic N) is 4. The van der Waals surface area contributed by atoms with Gasteiger partial charge >= 0.3 is 0 Å². The SMILES string of the molecule is COc1ccc(NC(=O)CSC2=NC3(CCN(C)CC3)N=C2c2ccc(Br)cc2)cn1. The highest BCUT2D eigenvalue weighted by molar-refractivity contribution is 9.10. The van der Waals surface area contributed by atoms with Gasteiger partial charge in [-0.05, 0) is 25.2 Å². The fourth-order valence-corrected chi connectivity index (χ4v) is 4.66. The summed E-state index contributed by atoms with van der Waals surface area (Å²) in [5.74, 6) is 0.641. The summed E-state index contributed by atoms with van der Waals surface area (Å²) >= 11 is 4.92. The number of hydrogen-bond donors (Lipinski definition) is 1. The summed E-state index contributed by atoms with van der Waals surface area (Å²) in [6, 6.07) is 11.6. The van der Waals surface area contributed by atoms with Gasteiger partial charge in [0.25, 0.3) is 0 Å². The Balaban J connectivity index is 1.48. The molecule has 1 aromatic carbocycles. The number of ether oxygens (including phenoxy) is 1. The van der Waals surface area contributed by atoms with Gasteiger partial charge in [0, 0.05) is 42.0 Å². The van der Waals surface area contributed by atoms with Gasteiger partial charge in [-0.15, -0.1) is 0 Å². The second kappa shape index (κ2) is 9.50. The van der Waals surface area contributed by atoms with Gasteiger partial charge in [0.15, 0.2) is 5.66 Å². The van der Waals surface area contributed by atoms with Crippen LogP contribution in [0.1, 0.15) is 18.4 Å². The van der Waals surface area contributed by atoms with Gasteiger partial charge < -0.3 is 15.0 Å². The van der Waals surface area contributed by atoms with Crippen molar-refractivity contribution in [3.63, 3.8) is 0 Å². The van der Waals surface area contributed by atoms with Crippen molar-refractivity contribution >= 4 is 50.0 Å². The highest BCUT2D eigenvalue weighted by Gasteiger charge is 2.39. The monoisotopic (exact) mass is 501 g/mol. The van der Waals surface area contributed by atoms with Crippen molar-refractivity contribution in [2.45, 2.75) is 18.5 Å². The number of carbonyl (C=O) groups is 1. The first-order chi connectivity index (χ1) is 15.0. The largest absolute Gasteiger partial charge is 0.481 e. The predicted molar refractivity (Wildman–Crippen MR) is 129 cm³/mol. The summed E-state index contributed by atoms with van der Waals surface area (Å²) in [5, 5.41) is 3.70. The molecule has 0 bridgehead atoms. The number of aromatic nitrogens is 1. The van der Waals surface area contributed by atoms with Crippen molar-refractivity contribution in [3.8, 4) is 5.88 Å². The van der Waals surface area contributed by atoms with Crippen LogP contribution < -0.4 is 10.1 Å². The molecule has 3 heterocycles. The molecule has 0 saturated carbocycles. The normalized spacial score (nSPS) is 17.9. The fourth-order valence-electron chi connectivity index (χ4n) is 3.53. The summed E-state index contributed by atoms with van der Waals surface area (Å²) in [4.78, 5) is 29.0. The molecule has 1 N–H and O–H groups in total. The maximum atomic E-state index is 12.5. The number of thioether (sulfide) groups is 1. The zero-order valence-corrected chi connectivity index (χ0v) is 19.9. The van der Waals surface area contributed by atoms with Crippen molar-refractivity contribution < 1.29 is 9.53 Å². The third-order valence-electron chi connectivity index (χ3n) is 5.31. The van der Waals surface area contributed by atoms with Crippen molar-refractivity contribution in [1.29, 1.82) is 0 Å². The molecule has 1 aromatic heterocycles. The number of likely N-dealkylation sites (tertiary alicyclic amines) is 1. The summed E-state index contributed by atoms with van der Waals surface area (Å²) in [6.45, 7) is 1.92. The third kappa shape index (κ3) is 5.34. The van der Waals surface area contributed by atoms with E-state index >= 15 is 0 Å². The molecule has 0 radical (unpaired) electrons. The van der Waals surface area contributed by atoms with E-state index in [1.165, 1.54) is 11.8 Å². The van der Waals surface area contributed by atoms with Crippen LogP contribution in [0.2, 0.25) is 0 Å². The van der Waals surface area contributed by atoms with E-state index in [-0.39, 0.29) is 11.7 Å². The number of aliphatic imine (C=N–C) groups is 2. The Bertz CT molecular complexity index is 1000. The van der Waals surface area contributed by atoms with Gasteiger partial charge in [-0.25, -0.2) is 9.98 Å². The Morgan fingerprint density at radius 1 is 1.19 bits per heavy atom. The number of hydrogen-bond acceptors (Lipinski definition) is 7. The van der Waals surface area contributed by atoms with Gasteiger partial charge in [0.05, 0.1) is 30.5 Å². The zero-order chi connectivity index (χ0) is 21.8. The van der Waals surface area contributed by atoms with E-state index in [0.29, 0.717) is 11.6 Å². The number of rotatable bonds is 5. The number of anilines is 1. The smallest absolute Gasteiger partial charge is 0.234 e. The number of nitrogens with one attached hydrogen (secondary N) is 1. The van der Waals surface area contributed by atoms with E-state index in [9.17, 15) is 4.79 Å². The number of pyridine rings is 1. The molecular weight excluding hydrogens is 478 g/mol. The number of piperidine rings is 1. The van der Waals surface area contributed by atoms with Crippen molar-refractivity contribution in [3.05, 3.63) is 52.6 Å². The first-order valence-electron chi connectivity index (χ1n) is 10.0. The van der Waals surface area contributed by atoms with E-state index in [2.05, 4.69) is 38.2 Å². The summed E-state index contributed by atoms with van der Waals surface area (Å²) in [5.41, 5.74) is 2.12. The van der Waals surface area contributed by atoms with E-state index < -0.39 is 5.66 Å². The molecule has 4 rings (SSSR count). The highest BCUT2D eigenvalue weighted by Crippen LogP contribution is 2.35. The molecule has 9 heteroatoms. The Morgan fingerprint density at radius 2 is 1.94 bits per heavy atom. The van der Waals surface area contributed by atoms with E-state index in [4.69, 9.17) is 14.7 Å². The molecule has 2 aromatic rings. The Hall–Kier alpha value is -2.23. The molecule has 2 aliphatic rings. The van der Waals surface area contributed by atoms with Crippen LogP contribution in [0.15, 0.2) is 57.1 Å². The average molecular weight is 502 g/mol. The summed E-state index contributed by atoms with van der Waals surface area (Å²) < 4.78 is 6.07. The lowest BCUT2D eigenvalue weighted by molar-refractivity contribution is -0.113. The average Bonchev–Trinajstić information content (AvgIpc) is 3.14. The molecule has 1 saturated heterocycles. The Morgan fingerprint density at radius 3 is 2.58 bits per heavy atom. The first kappa shape index (κ1) is 22.0. The highest BCUT2D eigenvalue weighted by atomic mass is 79.9. The zero-order valence-electron chi connectivity index (χ0n) is 17.5. The van der Waals surface area contributed by atoms with Gasteiger partial charge in [0.1, 0.15) is 5.04 Å². The minimum Gasteiger partial charge on any atom is -0.481 e. The van der Waals surface area contributed by atoms with Crippen LogP contribution in [0.3, 0.4) is 0 Å². The molecule has 1 fully saturated rings. The number of methoxy groups -OCH3 is 1.